The minimum absolute atomic E-state index is 0.329. The van der Waals surface area contributed by atoms with E-state index in [-0.39, 0.29) is 0 Å². The van der Waals surface area contributed by atoms with Gasteiger partial charge in [-0.1, -0.05) is 151 Å². The highest BCUT2D eigenvalue weighted by Gasteiger charge is 2.30. The van der Waals surface area contributed by atoms with Crippen molar-refractivity contribution in [1.29, 1.82) is 0 Å². The van der Waals surface area contributed by atoms with Gasteiger partial charge in [0.05, 0.1) is 0 Å². The topological polar surface area (TPSA) is 0 Å². The van der Waals surface area contributed by atoms with Crippen LogP contribution in [0.25, 0.3) is 12.2 Å². The largest absolute Gasteiger partial charge is 0.103 e. The van der Waals surface area contributed by atoms with Crippen LogP contribution in [0.1, 0.15) is 25.7 Å². The molecule has 0 nitrogen and oxygen atoms in total. The minimum atomic E-state index is 0.329. The summed E-state index contributed by atoms with van der Waals surface area (Å²) >= 11 is 0. The number of hydrogen-bond donors (Lipinski definition) is 0. The lowest BCUT2D eigenvalue weighted by atomic mass is 9.70. The lowest BCUT2D eigenvalue weighted by Gasteiger charge is -2.34. The van der Waals surface area contributed by atoms with Crippen molar-refractivity contribution in [2.24, 2.45) is 35.5 Å². The van der Waals surface area contributed by atoms with Gasteiger partial charge in [-0.3, -0.25) is 0 Å². The van der Waals surface area contributed by atoms with Crippen molar-refractivity contribution in [3.05, 3.63) is 168 Å². The van der Waals surface area contributed by atoms with Crippen LogP contribution >= 0.6 is 0 Å². The Hall–Kier alpha value is -3.90. The van der Waals surface area contributed by atoms with Gasteiger partial charge < -0.3 is 0 Å². The number of allylic oxidation sites excluding steroid dienone is 19. The molecular weight excluding hydrogens is 480 g/mol. The standard InChI is InChI=1S/C40H42/c1-4-7-8-9-19-39(37-26-20-31-15-10-12-17-35(31)28-37)33-22-24-34(25-23-33)40(30(6-3)14-5-2)38-27-21-32-16-11-13-18-36(32)29-38/h4-13,15-22,24,27-30,32,36-37,39-40H,1-3,14,23,25-26H2/b8-7-,19-9+. The Morgan fingerprint density at radius 1 is 0.825 bits per heavy atom. The summed E-state index contributed by atoms with van der Waals surface area (Å²) in [5, 5.41) is 2.71. The Kier molecular flexibility index (Phi) is 9.30. The van der Waals surface area contributed by atoms with Crippen molar-refractivity contribution in [2.75, 3.05) is 0 Å². The highest BCUT2D eigenvalue weighted by molar-refractivity contribution is 5.46. The molecule has 4 aliphatic carbocycles. The Balaban J connectivity index is 1.48. The number of rotatable bonds is 11. The first-order chi connectivity index (χ1) is 19.7. The van der Waals surface area contributed by atoms with Crippen LogP contribution in [-0.4, -0.2) is 0 Å². The summed E-state index contributed by atoms with van der Waals surface area (Å²) in [7, 11) is 0. The maximum Gasteiger partial charge on any atom is 0.0114 e. The van der Waals surface area contributed by atoms with Gasteiger partial charge in [0.2, 0.25) is 0 Å². The van der Waals surface area contributed by atoms with Gasteiger partial charge in [0.25, 0.3) is 0 Å². The Morgan fingerprint density at radius 3 is 2.35 bits per heavy atom. The molecule has 4 aliphatic rings. The van der Waals surface area contributed by atoms with Gasteiger partial charge in [-0.2, -0.15) is 0 Å². The van der Waals surface area contributed by atoms with Gasteiger partial charge >= 0.3 is 0 Å². The molecule has 0 aromatic heterocycles. The van der Waals surface area contributed by atoms with E-state index in [1.807, 2.05) is 18.2 Å². The molecule has 0 radical (unpaired) electrons. The zero-order chi connectivity index (χ0) is 27.7. The summed E-state index contributed by atoms with van der Waals surface area (Å²) in [5.41, 5.74) is 4.46. The van der Waals surface area contributed by atoms with E-state index in [2.05, 4.69) is 135 Å². The molecule has 0 spiro atoms. The molecule has 0 saturated heterocycles. The second kappa shape index (κ2) is 13.4. The van der Waals surface area contributed by atoms with Crippen molar-refractivity contribution >= 4 is 12.2 Å². The van der Waals surface area contributed by atoms with Gasteiger partial charge in [0.15, 0.2) is 0 Å². The smallest absolute Gasteiger partial charge is 0.0114 e. The van der Waals surface area contributed by atoms with Crippen LogP contribution in [0.15, 0.2) is 158 Å². The quantitative estimate of drug-likeness (QED) is 0.201. The van der Waals surface area contributed by atoms with Gasteiger partial charge in [0.1, 0.15) is 0 Å². The molecule has 1 aromatic rings. The molecule has 0 heterocycles. The lowest BCUT2D eigenvalue weighted by Crippen LogP contribution is -2.31. The van der Waals surface area contributed by atoms with Gasteiger partial charge in [-0.25, -0.2) is 0 Å². The molecule has 40 heavy (non-hydrogen) atoms. The fraction of sp³-hybridized carbons (Fsp3) is 0.250. The summed E-state index contributed by atoms with van der Waals surface area (Å²) < 4.78 is 0. The first-order valence-electron chi connectivity index (χ1n) is 14.8. The van der Waals surface area contributed by atoms with E-state index in [9.17, 15) is 0 Å². The van der Waals surface area contributed by atoms with Gasteiger partial charge in [-0.15, -0.1) is 13.2 Å². The summed E-state index contributed by atoms with van der Waals surface area (Å²) in [6, 6.07) is 8.75. The van der Waals surface area contributed by atoms with E-state index in [1.54, 1.807) is 0 Å². The molecule has 0 saturated carbocycles. The molecule has 6 unspecified atom stereocenters. The van der Waals surface area contributed by atoms with E-state index >= 15 is 0 Å². The van der Waals surface area contributed by atoms with Crippen LogP contribution < -0.4 is 10.4 Å². The fourth-order valence-electron chi connectivity index (χ4n) is 6.74. The molecule has 202 valence electrons. The Bertz CT molecular complexity index is 1470. The summed E-state index contributed by atoms with van der Waals surface area (Å²) in [4.78, 5) is 0. The lowest BCUT2D eigenvalue weighted by molar-refractivity contribution is 0.488. The molecule has 0 N–H and O–H groups in total. The van der Waals surface area contributed by atoms with Crippen molar-refractivity contribution in [3.8, 4) is 0 Å². The van der Waals surface area contributed by atoms with Crippen molar-refractivity contribution < 1.29 is 0 Å². The van der Waals surface area contributed by atoms with Crippen LogP contribution in [0.5, 0.6) is 0 Å². The summed E-state index contributed by atoms with van der Waals surface area (Å²) in [5.74, 6) is 2.40. The predicted molar refractivity (Wildman–Crippen MR) is 175 cm³/mol. The normalized spacial score (nSPS) is 25.4. The minimum Gasteiger partial charge on any atom is -0.103 e. The molecule has 0 heteroatoms. The van der Waals surface area contributed by atoms with Crippen LogP contribution in [0, 0.1) is 35.5 Å². The van der Waals surface area contributed by atoms with Crippen LogP contribution in [0.4, 0.5) is 0 Å². The van der Waals surface area contributed by atoms with Crippen molar-refractivity contribution in [1.82, 2.24) is 0 Å². The number of benzene rings is 1. The van der Waals surface area contributed by atoms with Crippen LogP contribution in [0.2, 0.25) is 0 Å². The average Bonchev–Trinajstić information content (AvgIpc) is 3.01. The highest BCUT2D eigenvalue weighted by atomic mass is 14.3. The monoisotopic (exact) mass is 522 g/mol. The molecular formula is C40H42. The third-order valence-corrected chi connectivity index (χ3v) is 8.83. The molecule has 0 fully saturated rings. The van der Waals surface area contributed by atoms with Crippen molar-refractivity contribution in [2.45, 2.75) is 25.7 Å². The number of fused-ring (bicyclic) bond motifs is 2. The predicted octanol–water partition coefficient (Wildman–Crippen LogP) is 8.68. The van der Waals surface area contributed by atoms with E-state index < -0.39 is 0 Å². The highest BCUT2D eigenvalue weighted by Crippen LogP contribution is 2.42. The Morgan fingerprint density at radius 2 is 1.60 bits per heavy atom. The molecule has 5 rings (SSSR count). The van der Waals surface area contributed by atoms with Crippen molar-refractivity contribution in [3.63, 3.8) is 0 Å². The zero-order valence-corrected chi connectivity index (χ0v) is 23.6. The second-order valence-corrected chi connectivity index (χ2v) is 11.3. The van der Waals surface area contributed by atoms with Crippen LogP contribution in [-0.2, 0) is 0 Å². The van der Waals surface area contributed by atoms with Crippen LogP contribution in [0.3, 0.4) is 0 Å². The van der Waals surface area contributed by atoms with Gasteiger partial charge in [0, 0.05) is 23.7 Å². The first-order valence-corrected chi connectivity index (χ1v) is 14.8. The first kappa shape index (κ1) is 27.7. The molecule has 0 aliphatic heterocycles. The SMILES string of the molecule is C=C/C=C\C=C\C(C1=CC=C(C(C2=CC3C=CC=CC3C=C2)C(C=C)CC=C)CC1)C1C=c2ccccc2=CC1. The molecule has 0 amide bonds. The average molecular weight is 523 g/mol. The zero-order valence-electron chi connectivity index (χ0n) is 23.6. The maximum atomic E-state index is 4.25. The fourth-order valence-corrected chi connectivity index (χ4v) is 6.74. The second-order valence-electron chi connectivity index (χ2n) is 11.3. The van der Waals surface area contributed by atoms with E-state index in [0.717, 1.165) is 25.7 Å². The Labute approximate surface area is 241 Å². The summed E-state index contributed by atoms with van der Waals surface area (Å²) in [6.07, 6.45) is 44.9. The molecule has 0 bridgehead atoms. The summed E-state index contributed by atoms with van der Waals surface area (Å²) in [6.45, 7) is 12.1. The van der Waals surface area contributed by atoms with E-state index in [4.69, 9.17) is 0 Å². The molecule has 6 atom stereocenters. The van der Waals surface area contributed by atoms with E-state index in [1.165, 1.54) is 27.2 Å². The third-order valence-electron chi connectivity index (χ3n) is 8.83. The molecule has 1 aromatic carbocycles. The maximum absolute atomic E-state index is 4.25. The third kappa shape index (κ3) is 6.28. The van der Waals surface area contributed by atoms with E-state index in [0.29, 0.717) is 35.5 Å². The number of hydrogen-bond acceptors (Lipinski definition) is 0. The van der Waals surface area contributed by atoms with Gasteiger partial charge in [-0.05, 0) is 53.5 Å².